The van der Waals surface area contributed by atoms with Gasteiger partial charge >= 0.3 is 0 Å². The Morgan fingerprint density at radius 2 is 2.10 bits per heavy atom. The maximum atomic E-state index is 12.6. The van der Waals surface area contributed by atoms with Gasteiger partial charge in [0.25, 0.3) is 5.91 Å². The number of amides is 1. The minimum atomic E-state index is -0.0135. The predicted octanol–water partition coefficient (Wildman–Crippen LogP) is 2.85. The Labute approximate surface area is 127 Å². The summed E-state index contributed by atoms with van der Waals surface area (Å²) in [5.41, 5.74) is 1.77. The summed E-state index contributed by atoms with van der Waals surface area (Å²) in [5, 5.41) is 0. The van der Waals surface area contributed by atoms with Crippen molar-refractivity contribution < 1.29 is 14.3 Å². The first kappa shape index (κ1) is 15.8. The molecule has 1 aliphatic heterocycles. The van der Waals surface area contributed by atoms with Gasteiger partial charge in [0.2, 0.25) is 0 Å². The number of rotatable bonds is 2. The number of hydrogen-bond acceptors (Lipinski definition) is 3. The number of nitrogens with zero attached hydrogens (tertiary/aromatic N) is 1. The summed E-state index contributed by atoms with van der Waals surface area (Å²) in [5.74, 6) is 0.818. The molecule has 1 aromatic rings. The number of hydrogen-bond donors (Lipinski definition) is 0. The number of morpholine rings is 1. The third-order valence-electron chi connectivity index (χ3n) is 3.78. The van der Waals surface area contributed by atoms with E-state index in [0.717, 1.165) is 11.3 Å². The molecule has 21 heavy (non-hydrogen) atoms. The molecule has 1 unspecified atom stereocenters. The summed E-state index contributed by atoms with van der Waals surface area (Å²) in [6, 6.07) is 5.74. The monoisotopic (exact) mass is 291 g/mol. The van der Waals surface area contributed by atoms with Gasteiger partial charge < -0.3 is 14.4 Å². The predicted molar refractivity (Wildman–Crippen MR) is 83.0 cm³/mol. The quantitative estimate of drug-likeness (QED) is 0.841. The summed E-state index contributed by atoms with van der Waals surface area (Å²) in [7, 11) is 1.65. The molecule has 4 heteroatoms. The largest absolute Gasteiger partial charge is 0.496 e. The molecule has 1 aliphatic rings. The fraction of sp³-hybridized carbons (Fsp3) is 0.588. The van der Waals surface area contributed by atoms with E-state index in [1.807, 2.05) is 30.0 Å². The average molecular weight is 291 g/mol. The van der Waals surface area contributed by atoms with Gasteiger partial charge in [-0.05, 0) is 30.0 Å². The van der Waals surface area contributed by atoms with Crippen molar-refractivity contribution in [3.8, 4) is 5.75 Å². The summed E-state index contributed by atoms with van der Waals surface area (Å²) >= 11 is 0. The molecule has 1 amide bonds. The lowest BCUT2D eigenvalue weighted by atomic mass is 9.85. The van der Waals surface area contributed by atoms with Crippen LogP contribution in [0.5, 0.6) is 5.75 Å². The summed E-state index contributed by atoms with van der Waals surface area (Å²) < 4.78 is 11.0. The van der Waals surface area contributed by atoms with Crippen LogP contribution in [0.2, 0.25) is 0 Å². The van der Waals surface area contributed by atoms with Crippen molar-refractivity contribution in [2.45, 2.75) is 39.2 Å². The number of carbonyl (C=O) groups excluding carboxylic acids is 1. The van der Waals surface area contributed by atoms with Crippen LogP contribution in [0, 0.1) is 0 Å². The Bertz CT molecular complexity index is 519. The van der Waals surface area contributed by atoms with Crippen molar-refractivity contribution in [1.82, 2.24) is 4.90 Å². The normalized spacial score (nSPS) is 19.5. The van der Waals surface area contributed by atoms with Gasteiger partial charge in [0.05, 0.1) is 19.8 Å². The smallest absolute Gasteiger partial charge is 0.254 e. The lowest BCUT2D eigenvalue weighted by Crippen LogP contribution is -2.44. The molecular formula is C17H25NO3. The highest BCUT2D eigenvalue weighted by Crippen LogP contribution is 2.32. The Morgan fingerprint density at radius 3 is 2.67 bits per heavy atom. The van der Waals surface area contributed by atoms with Crippen LogP contribution in [-0.2, 0) is 10.2 Å². The van der Waals surface area contributed by atoms with E-state index in [2.05, 4.69) is 20.8 Å². The zero-order chi connectivity index (χ0) is 15.6. The van der Waals surface area contributed by atoms with Crippen LogP contribution in [0.4, 0.5) is 0 Å². The average Bonchev–Trinajstić information content (AvgIpc) is 2.44. The standard InChI is InChI=1S/C17H25NO3/c1-12-11-18(8-9-21-12)16(19)13-6-7-14(17(2,3)4)15(10-13)20-5/h6-7,10,12H,8-9,11H2,1-5H3. The number of ether oxygens (including phenoxy) is 2. The molecule has 0 aliphatic carbocycles. The highest BCUT2D eigenvalue weighted by atomic mass is 16.5. The molecule has 1 heterocycles. The summed E-state index contributed by atoms with van der Waals surface area (Å²) in [6.07, 6.45) is 0.0958. The third-order valence-corrected chi connectivity index (χ3v) is 3.78. The topological polar surface area (TPSA) is 38.8 Å². The maximum Gasteiger partial charge on any atom is 0.254 e. The van der Waals surface area contributed by atoms with Gasteiger partial charge in [-0.3, -0.25) is 4.79 Å². The second-order valence-electron chi connectivity index (χ2n) is 6.60. The van der Waals surface area contributed by atoms with Crippen molar-refractivity contribution in [1.29, 1.82) is 0 Å². The van der Waals surface area contributed by atoms with E-state index >= 15 is 0 Å². The first-order valence-electron chi connectivity index (χ1n) is 7.42. The number of methoxy groups -OCH3 is 1. The number of carbonyl (C=O) groups is 1. The van der Waals surface area contributed by atoms with Gasteiger partial charge in [0.15, 0.2) is 0 Å². The van der Waals surface area contributed by atoms with Crippen LogP contribution in [0.3, 0.4) is 0 Å². The van der Waals surface area contributed by atoms with Crippen molar-refractivity contribution in [3.05, 3.63) is 29.3 Å². The first-order valence-corrected chi connectivity index (χ1v) is 7.42. The third kappa shape index (κ3) is 3.56. The van der Waals surface area contributed by atoms with E-state index < -0.39 is 0 Å². The molecule has 0 spiro atoms. The van der Waals surface area contributed by atoms with Gasteiger partial charge in [0, 0.05) is 18.7 Å². The van der Waals surface area contributed by atoms with Gasteiger partial charge in [-0.1, -0.05) is 26.8 Å². The Hall–Kier alpha value is -1.55. The van der Waals surface area contributed by atoms with E-state index in [1.165, 1.54) is 0 Å². The lowest BCUT2D eigenvalue weighted by Gasteiger charge is -2.31. The Morgan fingerprint density at radius 1 is 1.38 bits per heavy atom. The van der Waals surface area contributed by atoms with E-state index in [-0.39, 0.29) is 17.4 Å². The molecule has 1 fully saturated rings. The van der Waals surface area contributed by atoms with Crippen molar-refractivity contribution in [2.24, 2.45) is 0 Å². The second-order valence-corrected chi connectivity index (χ2v) is 6.60. The van der Waals surface area contributed by atoms with Gasteiger partial charge in [0.1, 0.15) is 5.75 Å². The fourth-order valence-electron chi connectivity index (χ4n) is 2.63. The van der Waals surface area contributed by atoms with E-state index in [1.54, 1.807) is 7.11 Å². The van der Waals surface area contributed by atoms with Gasteiger partial charge in [-0.25, -0.2) is 0 Å². The van der Waals surface area contributed by atoms with Crippen molar-refractivity contribution >= 4 is 5.91 Å². The van der Waals surface area contributed by atoms with Crippen molar-refractivity contribution in [3.63, 3.8) is 0 Å². The molecule has 116 valence electrons. The minimum absolute atomic E-state index is 0.0135. The molecule has 2 rings (SSSR count). The zero-order valence-electron chi connectivity index (χ0n) is 13.6. The number of benzene rings is 1. The highest BCUT2D eigenvalue weighted by molar-refractivity contribution is 5.95. The molecule has 1 atom stereocenters. The summed E-state index contributed by atoms with van der Waals surface area (Å²) in [6.45, 7) is 10.3. The van der Waals surface area contributed by atoms with E-state index in [4.69, 9.17) is 9.47 Å². The molecule has 0 saturated carbocycles. The van der Waals surface area contributed by atoms with Crippen LogP contribution in [0.1, 0.15) is 43.6 Å². The molecule has 0 bridgehead atoms. The van der Waals surface area contributed by atoms with Gasteiger partial charge in [-0.2, -0.15) is 0 Å². The Balaban J connectivity index is 2.26. The zero-order valence-corrected chi connectivity index (χ0v) is 13.6. The molecule has 0 radical (unpaired) electrons. The Kier molecular flexibility index (Phi) is 4.57. The minimum Gasteiger partial charge on any atom is -0.496 e. The van der Waals surface area contributed by atoms with Crippen molar-refractivity contribution in [2.75, 3.05) is 26.8 Å². The first-order chi connectivity index (χ1) is 9.82. The van der Waals surface area contributed by atoms with E-state index in [0.29, 0.717) is 25.3 Å². The molecule has 0 aromatic heterocycles. The van der Waals surface area contributed by atoms with Crippen LogP contribution >= 0.6 is 0 Å². The summed E-state index contributed by atoms with van der Waals surface area (Å²) in [4.78, 5) is 14.4. The molecule has 4 nitrogen and oxygen atoms in total. The molecule has 1 aromatic carbocycles. The van der Waals surface area contributed by atoms with Crippen LogP contribution < -0.4 is 4.74 Å². The SMILES string of the molecule is COc1cc(C(=O)N2CCOC(C)C2)ccc1C(C)(C)C. The second kappa shape index (κ2) is 6.06. The molecule has 0 N–H and O–H groups in total. The van der Waals surface area contributed by atoms with Gasteiger partial charge in [-0.15, -0.1) is 0 Å². The molecular weight excluding hydrogens is 266 g/mol. The maximum absolute atomic E-state index is 12.6. The van der Waals surface area contributed by atoms with Crippen LogP contribution in [0.15, 0.2) is 18.2 Å². The van der Waals surface area contributed by atoms with Crippen LogP contribution in [0.25, 0.3) is 0 Å². The van der Waals surface area contributed by atoms with Crippen LogP contribution in [-0.4, -0.2) is 43.7 Å². The fourth-order valence-corrected chi connectivity index (χ4v) is 2.63. The highest BCUT2D eigenvalue weighted by Gasteiger charge is 2.25. The van der Waals surface area contributed by atoms with E-state index in [9.17, 15) is 4.79 Å². The lowest BCUT2D eigenvalue weighted by molar-refractivity contribution is -0.0124. The molecule has 1 saturated heterocycles.